The minimum absolute atomic E-state index is 0.0696. The van der Waals surface area contributed by atoms with Crippen LogP contribution >= 0.6 is 0 Å². The Balaban J connectivity index is 1.73. The first-order valence-corrected chi connectivity index (χ1v) is 9.49. The molecule has 2 aromatic heterocycles. The number of nitrogens with two attached hydrogens (primary N) is 1. The van der Waals surface area contributed by atoms with E-state index in [4.69, 9.17) is 9.56 Å². The van der Waals surface area contributed by atoms with Crippen molar-refractivity contribution in [3.05, 3.63) is 60.4 Å². The Morgan fingerprint density at radius 1 is 1.12 bits per heavy atom. The molecular formula is C18H16N4O3S. The third-order valence-corrected chi connectivity index (χ3v) is 5.11. The van der Waals surface area contributed by atoms with Gasteiger partial charge in [0.1, 0.15) is 17.4 Å². The highest BCUT2D eigenvalue weighted by atomic mass is 32.2. The van der Waals surface area contributed by atoms with Crippen LogP contribution in [0.25, 0.3) is 22.1 Å². The summed E-state index contributed by atoms with van der Waals surface area (Å²) in [4.78, 5) is 8.67. The average molecular weight is 368 g/mol. The van der Waals surface area contributed by atoms with E-state index in [0.717, 1.165) is 22.0 Å². The van der Waals surface area contributed by atoms with Crippen LogP contribution in [0.3, 0.4) is 0 Å². The predicted octanol–water partition coefficient (Wildman–Crippen LogP) is 3.20. The third kappa shape index (κ3) is 2.89. The molecule has 0 radical (unpaired) electrons. The summed E-state index contributed by atoms with van der Waals surface area (Å²) >= 11 is 0. The summed E-state index contributed by atoms with van der Waals surface area (Å²) in [6.45, 7) is 1.90. The Labute approximate surface area is 149 Å². The van der Waals surface area contributed by atoms with Crippen LogP contribution in [0.2, 0.25) is 0 Å². The standard InChI is InChI=1S/C18H16N4O3S/c1-11(12-5-4-6-13(9-12)26(19,23)24)22-18-17-16(20-10-21-18)14-7-2-3-8-15(14)25-17/h2-11H,1H3,(H2,19,23,24)(H,20,21,22). The van der Waals surface area contributed by atoms with Gasteiger partial charge in [0.25, 0.3) is 0 Å². The Morgan fingerprint density at radius 2 is 1.92 bits per heavy atom. The van der Waals surface area contributed by atoms with Gasteiger partial charge in [-0.3, -0.25) is 0 Å². The van der Waals surface area contributed by atoms with Gasteiger partial charge >= 0.3 is 0 Å². The number of hydrogen-bond acceptors (Lipinski definition) is 6. The van der Waals surface area contributed by atoms with Crippen molar-refractivity contribution in [2.75, 3.05) is 5.32 Å². The van der Waals surface area contributed by atoms with Gasteiger partial charge in [-0.05, 0) is 36.8 Å². The topological polar surface area (TPSA) is 111 Å². The van der Waals surface area contributed by atoms with Crippen molar-refractivity contribution >= 4 is 37.9 Å². The second kappa shape index (κ2) is 6.08. The zero-order valence-electron chi connectivity index (χ0n) is 13.9. The molecule has 0 saturated heterocycles. The monoisotopic (exact) mass is 368 g/mol. The lowest BCUT2D eigenvalue weighted by atomic mass is 10.1. The number of rotatable bonds is 4. The molecule has 2 heterocycles. The molecule has 0 saturated carbocycles. The summed E-state index contributed by atoms with van der Waals surface area (Å²) in [5, 5.41) is 9.39. The molecule has 0 spiro atoms. The fraction of sp³-hybridized carbons (Fsp3) is 0.111. The number of anilines is 1. The van der Waals surface area contributed by atoms with E-state index in [1.807, 2.05) is 37.3 Å². The van der Waals surface area contributed by atoms with E-state index in [2.05, 4.69) is 15.3 Å². The highest BCUT2D eigenvalue weighted by Crippen LogP contribution is 2.32. The fourth-order valence-corrected chi connectivity index (χ4v) is 3.44. The molecule has 7 nitrogen and oxygen atoms in total. The van der Waals surface area contributed by atoms with Gasteiger partial charge < -0.3 is 9.73 Å². The molecule has 0 fully saturated rings. The van der Waals surface area contributed by atoms with Crippen molar-refractivity contribution in [2.24, 2.45) is 5.14 Å². The van der Waals surface area contributed by atoms with E-state index in [1.165, 1.54) is 12.4 Å². The number of nitrogens with zero attached hydrogens (tertiary/aromatic N) is 2. The van der Waals surface area contributed by atoms with Gasteiger partial charge in [0.15, 0.2) is 11.4 Å². The van der Waals surface area contributed by atoms with Gasteiger partial charge in [-0.25, -0.2) is 23.5 Å². The van der Waals surface area contributed by atoms with Gasteiger partial charge in [-0.15, -0.1) is 0 Å². The second-order valence-electron chi connectivity index (χ2n) is 5.98. The average Bonchev–Trinajstić information content (AvgIpc) is 3.01. The number of sulfonamides is 1. The molecule has 0 amide bonds. The maximum Gasteiger partial charge on any atom is 0.238 e. The molecule has 8 heteroatoms. The predicted molar refractivity (Wildman–Crippen MR) is 99.2 cm³/mol. The number of para-hydroxylation sites is 1. The van der Waals surface area contributed by atoms with E-state index in [1.54, 1.807) is 12.1 Å². The van der Waals surface area contributed by atoms with E-state index in [9.17, 15) is 8.42 Å². The lowest BCUT2D eigenvalue weighted by Gasteiger charge is -2.15. The Hall–Kier alpha value is -2.97. The van der Waals surface area contributed by atoms with Crippen LogP contribution in [0.1, 0.15) is 18.5 Å². The largest absolute Gasteiger partial charge is 0.450 e. The molecule has 1 atom stereocenters. The smallest absolute Gasteiger partial charge is 0.238 e. The van der Waals surface area contributed by atoms with Crippen molar-refractivity contribution in [3.8, 4) is 0 Å². The van der Waals surface area contributed by atoms with Crippen LogP contribution in [0, 0.1) is 0 Å². The Bertz CT molecular complexity index is 1220. The van der Waals surface area contributed by atoms with Crippen molar-refractivity contribution < 1.29 is 12.8 Å². The first-order chi connectivity index (χ1) is 12.4. The van der Waals surface area contributed by atoms with E-state index < -0.39 is 10.0 Å². The molecule has 1 unspecified atom stereocenters. The number of benzene rings is 2. The highest BCUT2D eigenvalue weighted by Gasteiger charge is 2.16. The van der Waals surface area contributed by atoms with E-state index in [-0.39, 0.29) is 10.9 Å². The molecule has 132 valence electrons. The molecule has 4 rings (SSSR count). The number of hydrogen-bond donors (Lipinski definition) is 2. The first-order valence-electron chi connectivity index (χ1n) is 7.95. The highest BCUT2D eigenvalue weighted by molar-refractivity contribution is 7.89. The van der Waals surface area contributed by atoms with Crippen LogP contribution in [0.4, 0.5) is 5.82 Å². The molecule has 0 aliphatic heterocycles. The molecule has 0 aliphatic carbocycles. The van der Waals surface area contributed by atoms with Crippen molar-refractivity contribution in [3.63, 3.8) is 0 Å². The molecule has 3 N–H and O–H groups in total. The number of aromatic nitrogens is 2. The number of fused-ring (bicyclic) bond motifs is 3. The summed E-state index contributed by atoms with van der Waals surface area (Å²) in [6.07, 6.45) is 1.47. The minimum Gasteiger partial charge on any atom is -0.450 e. The summed E-state index contributed by atoms with van der Waals surface area (Å²) in [5.74, 6) is 0.541. The maximum absolute atomic E-state index is 11.6. The maximum atomic E-state index is 11.6. The quantitative estimate of drug-likeness (QED) is 0.572. The van der Waals surface area contributed by atoms with E-state index in [0.29, 0.717) is 11.4 Å². The van der Waals surface area contributed by atoms with Crippen molar-refractivity contribution in [2.45, 2.75) is 17.9 Å². The Morgan fingerprint density at radius 3 is 2.73 bits per heavy atom. The summed E-state index contributed by atoms with van der Waals surface area (Å²) in [7, 11) is -3.76. The lowest BCUT2D eigenvalue weighted by Crippen LogP contribution is -2.14. The first kappa shape index (κ1) is 16.5. The molecular weight excluding hydrogens is 352 g/mol. The number of nitrogens with one attached hydrogen (secondary N) is 1. The fourth-order valence-electron chi connectivity index (χ4n) is 2.88. The normalized spacial score (nSPS) is 13.2. The molecule has 2 aromatic carbocycles. The summed E-state index contributed by atoms with van der Waals surface area (Å²) < 4.78 is 29.0. The van der Waals surface area contributed by atoms with Crippen LogP contribution in [-0.4, -0.2) is 18.4 Å². The van der Waals surface area contributed by atoms with Crippen molar-refractivity contribution in [1.82, 2.24) is 9.97 Å². The molecule has 0 aliphatic rings. The minimum atomic E-state index is -3.76. The van der Waals surface area contributed by atoms with Gasteiger partial charge in [0, 0.05) is 5.39 Å². The van der Waals surface area contributed by atoms with Gasteiger partial charge in [0.05, 0.1) is 10.9 Å². The SMILES string of the molecule is CC(Nc1ncnc2c1oc1ccccc12)c1cccc(S(N)(=O)=O)c1. The van der Waals surface area contributed by atoms with E-state index >= 15 is 0 Å². The molecule has 4 aromatic rings. The number of furan rings is 1. The molecule has 0 bridgehead atoms. The van der Waals surface area contributed by atoms with Crippen molar-refractivity contribution in [1.29, 1.82) is 0 Å². The van der Waals surface area contributed by atoms with Gasteiger partial charge in [-0.2, -0.15) is 0 Å². The molecule has 26 heavy (non-hydrogen) atoms. The summed E-state index contributed by atoms with van der Waals surface area (Å²) in [5.41, 5.74) is 2.78. The van der Waals surface area contributed by atoms with Gasteiger partial charge in [0.2, 0.25) is 10.0 Å². The second-order valence-corrected chi connectivity index (χ2v) is 7.54. The van der Waals surface area contributed by atoms with Crippen LogP contribution in [0.5, 0.6) is 0 Å². The zero-order valence-corrected chi connectivity index (χ0v) is 14.7. The van der Waals surface area contributed by atoms with Crippen LogP contribution in [0.15, 0.2) is 64.2 Å². The van der Waals surface area contributed by atoms with Crippen LogP contribution < -0.4 is 10.5 Å². The Kier molecular flexibility index (Phi) is 3.86. The van der Waals surface area contributed by atoms with Crippen LogP contribution in [-0.2, 0) is 10.0 Å². The lowest BCUT2D eigenvalue weighted by molar-refractivity contribution is 0.597. The zero-order chi connectivity index (χ0) is 18.3. The van der Waals surface area contributed by atoms with Gasteiger partial charge in [-0.1, -0.05) is 24.3 Å². The summed E-state index contributed by atoms with van der Waals surface area (Å²) in [6, 6.07) is 13.9. The third-order valence-electron chi connectivity index (χ3n) is 4.20. The number of primary sulfonamides is 1.